The first-order chi connectivity index (χ1) is 14.1. The van der Waals surface area contributed by atoms with E-state index in [9.17, 15) is 4.79 Å². The molecular formula is C22H24ClN5O. The van der Waals surface area contributed by atoms with Gasteiger partial charge in [-0.2, -0.15) is 0 Å². The topological polar surface area (TPSA) is 53.4 Å². The Morgan fingerprint density at radius 3 is 2.66 bits per heavy atom. The van der Waals surface area contributed by atoms with Crippen molar-refractivity contribution in [2.24, 2.45) is 0 Å². The maximum atomic E-state index is 12.4. The van der Waals surface area contributed by atoms with Crippen LogP contribution in [0.3, 0.4) is 0 Å². The summed E-state index contributed by atoms with van der Waals surface area (Å²) in [5.74, 6) is 0.921. The number of anilines is 2. The molecule has 2 heterocycles. The van der Waals surface area contributed by atoms with Crippen molar-refractivity contribution in [2.45, 2.75) is 6.92 Å². The van der Waals surface area contributed by atoms with E-state index in [1.807, 2.05) is 66.2 Å². The van der Waals surface area contributed by atoms with Crippen LogP contribution in [0, 0.1) is 6.92 Å². The molecule has 7 heteroatoms. The number of rotatable bonds is 5. The number of benzene rings is 2. The molecule has 6 nitrogen and oxygen atoms in total. The van der Waals surface area contributed by atoms with Crippen molar-refractivity contribution in [2.75, 3.05) is 42.9 Å². The SMILES string of the molecule is Cc1ccccc1NC(=O)CN1CCN(c2nccn2-c2cccc(Cl)c2)CC1. The van der Waals surface area contributed by atoms with E-state index in [-0.39, 0.29) is 5.91 Å². The number of amides is 1. The number of halogens is 1. The predicted molar refractivity (Wildman–Crippen MR) is 117 cm³/mol. The second-order valence-electron chi connectivity index (χ2n) is 7.20. The molecule has 29 heavy (non-hydrogen) atoms. The number of aromatic nitrogens is 2. The molecule has 0 aliphatic carbocycles. The molecule has 1 aliphatic heterocycles. The van der Waals surface area contributed by atoms with Crippen LogP contribution in [0.1, 0.15) is 5.56 Å². The molecule has 150 valence electrons. The van der Waals surface area contributed by atoms with Crippen molar-refractivity contribution in [1.82, 2.24) is 14.5 Å². The maximum Gasteiger partial charge on any atom is 0.238 e. The zero-order valence-electron chi connectivity index (χ0n) is 16.4. The number of carbonyl (C=O) groups is 1. The first kappa shape index (κ1) is 19.5. The third-order valence-electron chi connectivity index (χ3n) is 5.15. The van der Waals surface area contributed by atoms with E-state index in [0.717, 1.165) is 49.1 Å². The highest BCUT2D eigenvalue weighted by atomic mass is 35.5. The summed E-state index contributed by atoms with van der Waals surface area (Å²) in [7, 11) is 0. The third-order valence-corrected chi connectivity index (χ3v) is 5.38. The van der Waals surface area contributed by atoms with Crippen LogP contribution in [0.2, 0.25) is 5.02 Å². The standard InChI is InChI=1S/C22H24ClN5O/c1-17-5-2-3-8-20(17)25-21(29)16-26-11-13-27(14-12-26)22-24-9-10-28(22)19-7-4-6-18(23)15-19/h2-10,15H,11-14,16H2,1H3,(H,25,29). The van der Waals surface area contributed by atoms with Gasteiger partial charge < -0.3 is 10.2 Å². The van der Waals surface area contributed by atoms with Crippen molar-refractivity contribution in [3.8, 4) is 5.69 Å². The number of imidazole rings is 1. The van der Waals surface area contributed by atoms with E-state index in [2.05, 4.69) is 20.1 Å². The fourth-order valence-electron chi connectivity index (χ4n) is 3.57. The molecule has 1 saturated heterocycles. The molecule has 1 fully saturated rings. The summed E-state index contributed by atoms with van der Waals surface area (Å²) < 4.78 is 2.05. The van der Waals surface area contributed by atoms with Gasteiger partial charge in [0, 0.05) is 55.0 Å². The van der Waals surface area contributed by atoms with E-state index in [4.69, 9.17) is 11.6 Å². The average molecular weight is 410 g/mol. The minimum Gasteiger partial charge on any atom is -0.339 e. The Labute approximate surface area is 175 Å². The summed E-state index contributed by atoms with van der Waals surface area (Å²) in [6.45, 7) is 5.64. The van der Waals surface area contributed by atoms with Crippen LogP contribution >= 0.6 is 11.6 Å². The summed E-state index contributed by atoms with van der Waals surface area (Å²) in [6.07, 6.45) is 3.75. The monoisotopic (exact) mass is 409 g/mol. The molecule has 4 rings (SSSR count). The van der Waals surface area contributed by atoms with E-state index in [1.165, 1.54) is 0 Å². The summed E-state index contributed by atoms with van der Waals surface area (Å²) in [5.41, 5.74) is 2.93. The maximum absolute atomic E-state index is 12.4. The highest BCUT2D eigenvalue weighted by Gasteiger charge is 2.22. The number of hydrogen-bond donors (Lipinski definition) is 1. The second-order valence-corrected chi connectivity index (χ2v) is 7.64. The molecule has 1 aromatic heterocycles. The van der Waals surface area contributed by atoms with Gasteiger partial charge in [0.2, 0.25) is 11.9 Å². The van der Waals surface area contributed by atoms with E-state index >= 15 is 0 Å². The first-order valence-corrected chi connectivity index (χ1v) is 10.1. The van der Waals surface area contributed by atoms with Crippen LogP contribution in [0.15, 0.2) is 60.9 Å². The molecule has 1 N–H and O–H groups in total. The highest BCUT2D eigenvalue weighted by molar-refractivity contribution is 6.30. The minimum absolute atomic E-state index is 0.0215. The molecule has 0 radical (unpaired) electrons. The van der Waals surface area contributed by atoms with Crippen molar-refractivity contribution >= 4 is 29.1 Å². The Balaban J connectivity index is 1.35. The summed E-state index contributed by atoms with van der Waals surface area (Å²) in [5, 5.41) is 3.71. The number of nitrogens with zero attached hydrogens (tertiary/aromatic N) is 4. The Morgan fingerprint density at radius 2 is 1.90 bits per heavy atom. The number of nitrogens with one attached hydrogen (secondary N) is 1. The zero-order chi connectivity index (χ0) is 20.2. The molecule has 0 spiro atoms. The number of para-hydroxylation sites is 1. The largest absolute Gasteiger partial charge is 0.339 e. The van der Waals surface area contributed by atoms with Crippen LogP contribution in [0.25, 0.3) is 5.69 Å². The molecule has 3 aromatic rings. The lowest BCUT2D eigenvalue weighted by molar-refractivity contribution is -0.117. The average Bonchev–Trinajstić information content (AvgIpc) is 3.20. The van der Waals surface area contributed by atoms with E-state index in [1.54, 1.807) is 6.20 Å². The quantitative estimate of drug-likeness (QED) is 0.699. The summed E-state index contributed by atoms with van der Waals surface area (Å²) in [6, 6.07) is 15.6. The van der Waals surface area contributed by atoms with Crippen LogP contribution in [0.5, 0.6) is 0 Å². The molecule has 2 aromatic carbocycles. The number of carbonyl (C=O) groups excluding carboxylic acids is 1. The van der Waals surface area contributed by atoms with Crippen molar-refractivity contribution in [3.05, 3.63) is 71.5 Å². The predicted octanol–water partition coefficient (Wildman–Crippen LogP) is 3.59. The van der Waals surface area contributed by atoms with Gasteiger partial charge in [-0.05, 0) is 36.8 Å². The number of aryl methyl sites for hydroxylation is 1. The van der Waals surface area contributed by atoms with E-state index < -0.39 is 0 Å². The molecule has 1 aliphatic rings. The van der Waals surface area contributed by atoms with Crippen LogP contribution in [0.4, 0.5) is 11.6 Å². The summed E-state index contributed by atoms with van der Waals surface area (Å²) >= 11 is 6.14. The van der Waals surface area contributed by atoms with Crippen molar-refractivity contribution in [3.63, 3.8) is 0 Å². The van der Waals surface area contributed by atoms with Crippen molar-refractivity contribution < 1.29 is 4.79 Å². The van der Waals surface area contributed by atoms with Crippen LogP contribution in [-0.2, 0) is 4.79 Å². The zero-order valence-corrected chi connectivity index (χ0v) is 17.1. The number of hydrogen-bond acceptors (Lipinski definition) is 4. The first-order valence-electron chi connectivity index (χ1n) is 9.72. The van der Waals surface area contributed by atoms with Gasteiger partial charge in [0.1, 0.15) is 0 Å². The Bertz CT molecular complexity index is 994. The Kier molecular flexibility index (Phi) is 5.83. The summed E-state index contributed by atoms with van der Waals surface area (Å²) in [4.78, 5) is 21.4. The third kappa shape index (κ3) is 4.60. The van der Waals surface area contributed by atoms with Gasteiger partial charge in [0.15, 0.2) is 0 Å². The van der Waals surface area contributed by atoms with Gasteiger partial charge in [0.25, 0.3) is 0 Å². The molecule has 0 saturated carbocycles. The Morgan fingerprint density at radius 1 is 1.10 bits per heavy atom. The molecule has 0 atom stereocenters. The molecule has 1 amide bonds. The fraction of sp³-hybridized carbons (Fsp3) is 0.273. The van der Waals surface area contributed by atoms with Gasteiger partial charge in [-0.15, -0.1) is 0 Å². The smallest absolute Gasteiger partial charge is 0.238 e. The molecule has 0 bridgehead atoms. The minimum atomic E-state index is 0.0215. The van der Waals surface area contributed by atoms with Gasteiger partial charge >= 0.3 is 0 Å². The number of piperazine rings is 1. The van der Waals surface area contributed by atoms with Crippen LogP contribution in [-0.4, -0.2) is 53.1 Å². The van der Waals surface area contributed by atoms with Crippen LogP contribution < -0.4 is 10.2 Å². The van der Waals surface area contributed by atoms with Gasteiger partial charge in [-0.1, -0.05) is 35.9 Å². The second kappa shape index (κ2) is 8.68. The molecule has 0 unspecified atom stereocenters. The highest BCUT2D eigenvalue weighted by Crippen LogP contribution is 2.22. The van der Waals surface area contributed by atoms with Gasteiger partial charge in [0.05, 0.1) is 6.54 Å². The van der Waals surface area contributed by atoms with Gasteiger partial charge in [-0.3, -0.25) is 14.3 Å². The van der Waals surface area contributed by atoms with Crippen molar-refractivity contribution in [1.29, 1.82) is 0 Å². The lowest BCUT2D eigenvalue weighted by Gasteiger charge is -2.35. The lowest BCUT2D eigenvalue weighted by atomic mass is 10.2. The fourth-order valence-corrected chi connectivity index (χ4v) is 3.75. The molecular weight excluding hydrogens is 386 g/mol. The van der Waals surface area contributed by atoms with Gasteiger partial charge in [-0.25, -0.2) is 4.98 Å². The lowest BCUT2D eigenvalue weighted by Crippen LogP contribution is -2.49. The van der Waals surface area contributed by atoms with E-state index in [0.29, 0.717) is 11.6 Å². The Hall–Kier alpha value is -2.83. The normalized spacial score (nSPS) is 14.8.